The van der Waals surface area contributed by atoms with Crippen molar-refractivity contribution >= 4 is 33.6 Å². The lowest BCUT2D eigenvalue weighted by Crippen LogP contribution is -2.14. The number of aromatic nitrogens is 2. The molecule has 0 N–H and O–H groups in total. The van der Waals surface area contributed by atoms with E-state index in [-0.39, 0.29) is 35.5 Å². The molecule has 0 amide bonds. The molecule has 10 heteroatoms. The van der Waals surface area contributed by atoms with Crippen molar-refractivity contribution in [1.29, 1.82) is 0 Å². The van der Waals surface area contributed by atoms with Gasteiger partial charge in [0.05, 0.1) is 29.5 Å². The average Bonchev–Trinajstić information content (AvgIpc) is 3.05. The normalized spacial score (nSPS) is 10.4. The maximum Gasteiger partial charge on any atom is 0.358 e. The smallest absolute Gasteiger partial charge is 0.358 e. The highest BCUT2D eigenvalue weighted by molar-refractivity contribution is 9.08. The summed E-state index contributed by atoms with van der Waals surface area (Å²) in [6, 6.07) is 4.17. The quantitative estimate of drug-likeness (QED) is 0.289. The first-order valence-corrected chi connectivity index (χ1v) is 8.82. The zero-order chi connectivity index (χ0) is 19.3. The van der Waals surface area contributed by atoms with Crippen molar-refractivity contribution in [3.63, 3.8) is 0 Å². The Morgan fingerprint density at radius 2 is 1.88 bits per heavy atom. The first kappa shape index (κ1) is 19.6. The van der Waals surface area contributed by atoms with Gasteiger partial charge in [-0.3, -0.25) is 10.1 Å². The molecule has 0 radical (unpaired) electrons. The molecule has 138 valence electrons. The Morgan fingerprint density at radius 3 is 2.46 bits per heavy atom. The molecule has 0 bridgehead atoms. The van der Waals surface area contributed by atoms with Crippen LogP contribution in [0.3, 0.4) is 0 Å². The average molecular weight is 426 g/mol. The summed E-state index contributed by atoms with van der Waals surface area (Å²) in [5, 5.41) is 11.6. The van der Waals surface area contributed by atoms with Gasteiger partial charge in [0.25, 0.3) is 5.69 Å². The highest BCUT2D eigenvalue weighted by Gasteiger charge is 2.28. The topological polar surface area (TPSA) is 114 Å². The van der Waals surface area contributed by atoms with Gasteiger partial charge in [-0.2, -0.15) is 0 Å². The molecule has 1 aromatic heterocycles. The molecule has 1 aromatic carbocycles. The molecule has 9 nitrogen and oxygen atoms in total. The van der Waals surface area contributed by atoms with E-state index in [1.54, 1.807) is 13.8 Å². The van der Waals surface area contributed by atoms with Gasteiger partial charge in [-0.15, -0.1) is 0 Å². The van der Waals surface area contributed by atoms with E-state index in [9.17, 15) is 19.7 Å². The van der Waals surface area contributed by atoms with Crippen LogP contribution >= 0.6 is 15.9 Å². The van der Waals surface area contributed by atoms with E-state index < -0.39 is 22.5 Å². The highest BCUT2D eigenvalue weighted by atomic mass is 79.9. The van der Waals surface area contributed by atoms with Crippen LogP contribution < -0.4 is 0 Å². The summed E-state index contributed by atoms with van der Waals surface area (Å²) >= 11 is 3.28. The van der Waals surface area contributed by atoms with Gasteiger partial charge >= 0.3 is 11.9 Å². The summed E-state index contributed by atoms with van der Waals surface area (Å²) in [7, 11) is 0. The maximum absolute atomic E-state index is 12.3. The molecule has 0 spiro atoms. The number of nitro groups is 1. The number of alkyl halides is 1. The lowest BCUT2D eigenvalue weighted by atomic mass is 10.1. The summed E-state index contributed by atoms with van der Waals surface area (Å²) in [6.07, 6.45) is 1.31. The van der Waals surface area contributed by atoms with E-state index in [4.69, 9.17) is 9.47 Å². The van der Waals surface area contributed by atoms with Gasteiger partial charge in [0.1, 0.15) is 6.33 Å². The third-order valence-electron chi connectivity index (χ3n) is 3.42. The molecule has 0 atom stereocenters. The Bertz CT molecular complexity index is 849. The second-order valence-corrected chi connectivity index (χ2v) is 5.47. The fourth-order valence-corrected chi connectivity index (χ4v) is 2.91. The Labute approximate surface area is 157 Å². The van der Waals surface area contributed by atoms with Crippen molar-refractivity contribution in [1.82, 2.24) is 9.55 Å². The van der Waals surface area contributed by atoms with E-state index >= 15 is 0 Å². The minimum Gasteiger partial charge on any atom is -0.462 e. The van der Waals surface area contributed by atoms with Crippen molar-refractivity contribution < 1.29 is 24.0 Å². The Morgan fingerprint density at radius 1 is 1.23 bits per heavy atom. The third kappa shape index (κ3) is 3.74. The number of carbonyl (C=O) groups excluding carboxylic acids is 2. The van der Waals surface area contributed by atoms with Crippen molar-refractivity contribution in [2.45, 2.75) is 19.2 Å². The summed E-state index contributed by atoms with van der Waals surface area (Å²) < 4.78 is 11.4. The largest absolute Gasteiger partial charge is 0.462 e. The molecule has 1 heterocycles. The summed E-state index contributed by atoms with van der Waals surface area (Å²) in [5.41, 5.74) is 0.0388. The lowest BCUT2D eigenvalue weighted by molar-refractivity contribution is -0.385. The van der Waals surface area contributed by atoms with Crippen LogP contribution in [-0.4, -0.2) is 39.6 Å². The van der Waals surface area contributed by atoms with Crippen molar-refractivity contribution in [2.75, 3.05) is 13.2 Å². The Kier molecular flexibility index (Phi) is 6.45. The SMILES string of the molecule is CCOC(=O)c1ncn(-c2cccc([N+](=O)[O-])c2C(=O)OCC)c1CBr. The summed E-state index contributed by atoms with van der Waals surface area (Å²) in [5.74, 6) is -1.45. The number of rotatable bonds is 7. The Hall–Kier alpha value is -2.75. The predicted molar refractivity (Wildman–Crippen MR) is 94.8 cm³/mol. The fraction of sp³-hybridized carbons (Fsp3) is 0.312. The lowest BCUT2D eigenvalue weighted by Gasteiger charge is -2.12. The number of halogens is 1. The van der Waals surface area contributed by atoms with Crippen LogP contribution in [-0.2, 0) is 14.8 Å². The first-order chi connectivity index (χ1) is 12.5. The number of nitrogens with zero attached hydrogens (tertiary/aromatic N) is 3. The molecule has 2 aromatic rings. The van der Waals surface area contributed by atoms with Gasteiger partial charge in [0, 0.05) is 11.4 Å². The van der Waals surface area contributed by atoms with Crippen LogP contribution in [0.1, 0.15) is 40.4 Å². The second kappa shape index (κ2) is 8.56. The zero-order valence-electron chi connectivity index (χ0n) is 14.1. The van der Waals surface area contributed by atoms with Gasteiger partial charge in [-0.05, 0) is 19.9 Å². The van der Waals surface area contributed by atoms with Crippen molar-refractivity contribution in [2.24, 2.45) is 0 Å². The van der Waals surface area contributed by atoms with Gasteiger partial charge in [-0.1, -0.05) is 22.0 Å². The van der Waals surface area contributed by atoms with Crippen LogP contribution in [0.25, 0.3) is 5.69 Å². The van der Waals surface area contributed by atoms with Crippen LogP contribution in [0, 0.1) is 10.1 Å². The number of esters is 2. The molecular weight excluding hydrogens is 410 g/mol. The van der Waals surface area contributed by atoms with E-state index in [1.165, 1.54) is 29.1 Å². The number of hydrogen-bond acceptors (Lipinski definition) is 7. The molecule has 0 saturated heterocycles. The standard InChI is InChI=1S/C16H16BrN3O6/c1-3-25-15(21)13-10(6-5-7-11(13)20(23)24)19-9-18-14(12(19)8-17)16(22)26-4-2/h5-7,9H,3-4,8H2,1-2H3. The summed E-state index contributed by atoms with van der Waals surface area (Å²) in [6.45, 7) is 3.51. The molecule has 0 unspecified atom stereocenters. The minimum absolute atomic E-state index is 0.0602. The van der Waals surface area contributed by atoms with E-state index in [2.05, 4.69) is 20.9 Å². The number of hydrogen-bond donors (Lipinski definition) is 0. The van der Waals surface area contributed by atoms with Gasteiger partial charge in [-0.25, -0.2) is 14.6 Å². The molecular formula is C16H16BrN3O6. The van der Waals surface area contributed by atoms with Crippen molar-refractivity contribution in [3.05, 3.63) is 51.6 Å². The molecule has 0 fully saturated rings. The first-order valence-electron chi connectivity index (χ1n) is 7.70. The molecule has 0 aliphatic rings. The highest BCUT2D eigenvalue weighted by Crippen LogP contribution is 2.29. The third-order valence-corrected chi connectivity index (χ3v) is 3.95. The maximum atomic E-state index is 12.3. The molecule has 0 aliphatic carbocycles. The van der Waals surface area contributed by atoms with Crippen LogP contribution in [0.2, 0.25) is 0 Å². The van der Waals surface area contributed by atoms with Gasteiger partial charge in [0.2, 0.25) is 0 Å². The number of carbonyl (C=O) groups is 2. The minimum atomic E-state index is -0.832. The number of nitro benzene ring substituents is 1. The monoisotopic (exact) mass is 425 g/mol. The zero-order valence-corrected chi connectivity index (χ0v) is 15.7. The molecule has 0 aliphatic heterocycles. The molecule has 2 rings (SSSR count). The second-order valence-electron chi connectivity index (χ2n) is 4.91. The summed E-state index contributed by atoms with van der Waals surface area (Å²) in [4.78, 5) is 39.1. The van der Waals surface area contributed by atoms with Crippen LogP contribution in [0.5, 0.6) is 0 Å². The van der Waals surface area contributed by atoms with E-state index in [1.807, 2.05) is 0 Å². The van der Waals surface area contributed by atoms with Gasteiger partial charge in [0.15, 0.2) is 11.3 Å². The molecule has 0 saturated carbocycles. The molecule has 26 heavy (non-hydrogen) atoms. The van der Waals surface area contributed by atoms with Crippen molar-refractivity contribution in [3.8, 4) is 5.69 Å². The fourth-order valence-electron chi connectivity index (χ4n) is 2.37. The van der Waals surface area contributed by atoms with Gasteiger partial charge < -0.3 is 14.0 Å². The Balaban J connectivity index is 2.69. The number of benzene rings is 1. The van der Waals surface area contributed by atoms with E-state index in [0.29, 0.717) is 5.69 Å². The van der Waals surface area contributed by atoms with E-state index in [0.717, 1.165) is 0 Å². The van der Waals surface area contributed by atoms with Crippen LogP contribution in [0.15, 0.2) is 24.5 Å². The number of ether oxygens (including phenoxy) is 2. The predicted octanol–water partition coefficient (Wildman–Crippen LogP) is 3.03. The number of imidazole rings is 1. The van der Waals surface area contributed by atoms with Crippen LogP contribution in [0.4, 0.5) is 5.69 Å².